The number of imidazole rings is 1. The molecule has 0 bridgehead atoms. The molecule has 0 atom stereocenters. The van der Waals surface area contributed by atoms with Crippen LogP contribution in [0.15, 0.2) is 49.3 Å². The Morgan fingerprint density at radius 1 is 1.41 bits per heavy atom. The zero-order valence-corrected chi connectivity index (χ0v) is 9.28. The fourth-order valence-corrected chi connectivity index (χ4v) is 1.73. The van der Waals surface area contributed by atoms with E-state index in [9.17, 15) is 4.79 Å². The van der Waals surface area contributed by atoms with Gasteiger partial charge in [0.15, 0.2) is 0 Å². The fourth-order valence-electron chi connectivity index (χ4n) is 1.73. The van der Waals surface area contributed by atoms with E-state index in [0.29, 0.717) is 6.54 Å². The maximum absolute atomic E-state index is 11.2. The van der Waals surface area contributed by atoms with Gasteiger partial charge in [-0.25, -0.2) is 9.36 Å². The molecule has 0 saturated carbocycles. The number of hydrogen-bond acceptors (Lipinski definition) is 1. The molecule has 2 rings (SSSR count). The third-order valence-electron chi connectivity index (χ3n) is 2.51. The minimum atomic E-state index is -0.967. The topological polar surface area (TPSA) is 46.1 Å². The van der Waals surface area contributed by atoms with Crippen molar-refractivity contribution in [2.45, 2.75) is 6.54 Å². The van der Waals surface area contributed by atoms with E-state index >= 15 is 0 Å². The third-order valence-corrected chi connectivity index (χ3v) is 2.51. The molecular formula is C13H13N2O2+. The van der Waals surface area contributed by atoms with Gasteiger partial charge in [-0.2, -0.15) is 4.57 Å². The predicted octanol–water partition coefficient (Wildman–Crippen LogP) is 1.62. The average molecular weight is 229 g/mol. The Morgan fingerprint density at radius 3 is 2.71 bits per heavy atom. The number of aromatic nitrogens is 2. The number of rotatable bonds is 4. The molecule has 0 amide bonds. The van der Waals surface area contributed by atoms with Gasteiger partial charge in [-0.1, -0.05) is 36.9 Å². The summed E-state index contributed by atoms with van der Waals surface area (Å²) < 4.78 is 3.17. The van der Waals surface area contributed by atoms with E-state index in [4.69, 9.17) is 5.11 Å². The lowest BCUT2D eigenvalue weighted by Gasteiger charge is -1.99. The van der Waals surface area contributed by atoms with Gasteiger partial charge in [0.25, 0.3) is 0 Å². The smallest absolute Gasteiger partial charge is 0.420 e. The number of carboxylic acids is 1. The highest BCUT2D eigenvalue weighted by Gasteiger charge is 2.23. The van der Waals surface area contributed by atoms with Crippen molar-refractivity contribution in [1.29, 1.82) is 0 Å². The number of benzene rings is 1. The standard InChI is InChI=1S/C13H12N2O2/c1-2-14-8-9-15(12(14)13(16)17)10-11-6-4-3-5-7-11/h2-9H,1,10H2/p+1. The summed E-state index contributed by atoms with van der Waals surface area (Å²) in [6.07, 6.45) is 4.89. The highest BCUT2D eigenvalue weighted by Crippen LogP contribution is 2.01. The van der Waals surface area contributed by atoms with E-state index in [2.05, 4.69) is 6.58 Å². The summed E-state index contributed by atoms with van der Waals surface area (Å²) in [5, 5.41) is 9.16. The molecule has 1 heterocycles. The van der Waals surface area contributed by atoms with Gasteiger partial charge in [-0.05, 0) is 5.56 Å². The monoisotopic (exact) mass is 229 g/mol. The summed E-state index contributed by atoms with van der Waals surface area (Å²) in [5.41, 5.74) is 1.06. The first-order valence-corrected chi connectivity index (χ1v) is 5.22. The van der Waals surface area contributed by atoms with Crippen LogP contribution in [0.3, 0.4) is 0 Å². The summed E-state index contributed by atoms with van der Waals surface area (Å²) in [5.74, 6) is -0.769. The van der Waals surface area contributed by atoms with Crippen molar-refractivity contribution < 1.29 is 14.5 Å². The third kappa shape index (κ3) is 2.25. The second-order valence-electron chi connectivity index (χ2n) is 3.63. The van der Waals surface area contributed by atoms with E-state index < -0.39 is 5.97 Å². The lowest BCUT2D eigenvalue weighted by Crippen LogP contribution is -2.39. The van der Waals surface area contributed by atoms with E-state index in [-0.39, 0.29) is 5.82 Å². The molecule has 86 valence electrons. The molecular weight excluding hydrogens is 216 g/mol. The lowest BCUT2D eigenvalue weighted by atomic mass is 10.2. The molecule has 0 unspecified atom stereocenters. The lowest BCUT2D eigenvalue weighted by molar-refractivity contribution is -0.689. The molecule has 0 fully saturated rings. The van der Waals surface area contributed by atoms with E-state index in [0.717, 1.165) is 5.56 Å². The maximum Gasteiger partial charge on any atom is 0.420 e. The molecule has 0 saturated heterocycles. The summed E-state index contributed by atoms with van der Waals surface area (Å²) in [6.45, 7) is 4.11. The number of hydrogen-bond donors (Lipinski definition) is 1. The average Bonchev–Trinajstić information content (AvgIpc) is 2.73. The first-order chi connectivity index (χ1) is 8.22. The summed E-state index contributed by atoms with van der Waals surface area (Å²) in [6, 6.07) is 9.72. The van der Waals surface area contributed by atoms with Crippen LogP contribution in [0.2, 0.25) is 0 Å². The SMILES string of the molecule is C=Cn1cc[n+](Cc2ccccc2)c1C(=O)O. The van der Waals surface area contributed by atoms with Crippen molar-refractivity contribution in [1.82, 2.24) is 4.57 Å². The Hall–Kier alpha value is -2.36. The van der Waals surface area contributed by atoms with Crippen LogP contribution in [-0.4, -0.2) is 15.6 Å². The molecule has 1 aromatic heterocycles. The van der Waals surface area contributed by atoms with Crippen molar-refractivity contribution in [3.05, 3.63) is 60.7 Å². The van der Waals surface area contributed by atoms with E-state index in [1.807, 2.05) is 30.3 Å². The number of aromatic carboxylic acids is 1. The van der Waals surface area contributed by atoms with Crippen molar-refractivity contribution in [2.24, 2.45) is 0 Å². The van der Waals surface area contributed by atoms with Crippen LogP contribution < -0.4 is 4.57 Å². The van der Waals surface area contributed by atoms with Gasteiger partial charge in [-0.15, -0.1) is 0 Å². The van der Waals surface area contributed by atoms with Gasteiger partial charge < -0.3 is 5.11 Å². The molecule has 2 aromatic rings. The zero-order chi connectivity index (χ0) is 12.3. The number of nitrogens with zero attached hydrogens (tertiary/aromatic N) is 2. The summed E-state index contributed by atoms with van der Waals surface area (Å²) in [4.78, 5) is 11.2. The molecule has 0 spiro atoms. The maximum atomic E-state index is 11.2. The van der Waals surface area contributed by atoms with Crippen molar-refractivity contribution in [2.75, 3.05) is 0 Å². The van der Waals surface area contributed by atoms with Crippen LogP contribution in [0.5, 0.6) is 0 Å². The Morgan fingerprint density at radius 2 is 2.12 bits per heavy atom. The highest BCUT2D eigenvalue weighted by molar-refractivity contribution is 5.82. The highest BCUT2D eigenvalue weighted by atomic mass is 16.4. The Labute approximate surface area is 99.1 Å². The Balaban J connectivity index is 2.37. The quantitative estimate of drug-likeness (QED) is 0.810. The van der Waals surface area contributed by atoms with Crippen LogP contribution in [0, 0.1) is 0 Å². The van der Waals surface area contributed by atoms with Gasteiger partial charge in [0.1, 0.15) is 18.9 Å². The summed E-state index contributed by atoms with van der Waals surface area (Å²) in [7, 11) is 0. The first kappa shape index (κ1) is 11.1. The van der Waals surface area contributed by atoms with Gasteiger partial charge in [0.2, 0.25) is 0 Å². The van der Waals surface area contributed by atoms with Crippen LogP contribution in [0.4, 0.5) is 0 Å². The molecule has 0 radical (unpaired) electrons. The van der Waals surface area contributed by atoms with Crippen molar-refractivity contribution in [3.63, 3.8) is 0 Å². The molecule has 4 heteroatoms. The van der Waals surface area contributed by atoms with Crippen LogP contribution >= 0.6 is 0 Å². The number of carbonyl (C=O) groups is 1. The zero-order valence-electron chi connectivity index (χ0n) is 9.28. The van der Waals surface area contributed by atoms with Crippen LogP contribution in [-0.2, 0) is 6.54 Å². The molecule has 1 N–H and O–H groups in total. The second-order valence-corrected chi connectivity index (χ2v) is 3.63. The Bertz CT molecular complexity index is 544. The van der Waals surface area contributed by atoms with Crippen molar-refractivity contribution in [3.8, 4) is 0 Å². The largest absolute Gasteiger partial charge is 0.472 e. The van der Waals surface area contributed by atoms with Crippen LogP contribution in [0.25, 0.3) is 6.20 Å². The van der Waals surface area contributed by atoms with Crippen molar-refractivity contribution >= 4 is 12.2 Å². The minimum Gasteiger partial charge on any atom is -0.472 e. The molecule has 4 nitrogen and oxygen atoms in total. The van der Waals surface area contributed by atoms with Gasteiger partial charge >= 0.3 is 11.8 Å². The Kier molecular flexibility index (Phi) is 3.05. The first-order valence-electron chi connectivity index (χ1n) is 5.22. The normalized spacial score (nSPS) is 10.1. The minimum absolute atomic E-state index is 0.198. The van der Waals surface area contributed by atoms with Gasteiger partial charge in [-0.3, -0.25) is 0 Å². The molecule has 1 aromatic carbocycles. The van der Waals surface area contributed by atoms with E-state index in [1.165, 1.54) is 10.8 Å². The molecule has 0 aliphatic carbocycles. The van der Waals surface area contributed by atoms with Crippen LogP contribution in [0.1, 0.15) is 16.2 Å². The molecule has 17 heavy (non-hydrogen) atoms. The second kappa shape index (κ2) is 4.65. The predicted molar refractivity (Wildman–Crippen MR) is 63.5 cm³/mol. The summed E-state index contributed by atoms with van der Waals surface area (Å²) >= 11 is 0. The molecule has 0 aliphatic rings. The van der Waals surface area contributed by atoms with Gasteiger partial charge in [0.05, 0.1) is 6.20 Å². The number of carboxylic acid groups (broad SMARTS) is 1. The molecule has 0 aliphatic heterocycles. The fraction of sp³-hybridized carbons (Fsp3) is 0.0769. The van der Waals surface area contributed by atoms with E-state index in [1.54, 1.807) is 17.0 Å². The van der Waals surface area contributed by atoms with Gasteiger partial charge in [0, 0.05) is 0 Å².